The molecule has 1 aromatic rings. The van der Waals surface area contributed by atoms with E-state index in [0.717, 1.165) is 0 Å². The molecule has 6 heteroatoms. The fraction of sp³-hybridized carbons (Fsp3) is 0.364. The van der Waals surface area contributed by atoms with Crippen molar-refractivity contribution in [3.63, 3.8) is 0 Å². The Kier molecular flexibility index (Phi) is 2.93. The number of nitrogens with zero attached hydrogens (tertiary/aromatic N) is 3. The summed E-state index contributed by atoms with van der Waals surface area (Å²) in [6.45, 7) is 0.987. The van der Waals surface area contributed by atoms with Gasteiger partial charge in [-0.2, -0.15) is 5.26 Å². The van der Waals surface area contributed by atoms with Crippen LogP contribution in [-0.4, -0.2) is 29.2 Å². The van der Waals surface area contributed by atoms with Crippen LogP contribution < -0.4 is 4.90 Å². The summed E-state index contributed by atoms with van der Waals surface area (Å²) in [6.07, 6.45) is 0.169. The maximum Gasteiger partial charge on any atom is 0.293 e. The minimum absolute atomic E-state index is 0.0850. The minimum Gasteiger partial charge on any atom is -0.391 e. The van der Waals surface area contributed by atoms with Crippen molar-refractivity contribution in [1.82, 2.24) is 0 Å². The Morgan fingerprint density at radius 3 is 2.88 bits per heavy atom. The molecule has 1 saturated heterocycles. The van der Waals surface area contributed by atoms with E-state index in [9.17, 15) is 15.2 Å². The maximum atomic E-state index is 10.9. The van der Waals surface area contributed by atoms with Gasteiger partial charge in [-0.05, 0) is 18.6 Å². The highest BCUT2D eigenvalue weighted by Crippen LogP contribution is 2.31. The lowest BCUT2D eigenvalue weighted by molar-refractivity contribution is -0.384. The summed E-state index contributed by atoms with van der Waals surface area (Å²) in [5, 5.41) is 29.1. The Morgan fingerprint density at radius 2 is 2.35 bits per heavy atom. The van der Waals surface area contributed by atoms with Crippen LogP contribution in [-0.2, 0) is 0 Å². The number of aliphatic hydroxyl groups excluding tert-OH is 1. The number of β-amino-alcohol motifs (C(OH)–C–C–N with tert-alkyl or cyclic N) is 1. The number of aliphatic hydroxyl groups is 1. The molecule has 88 valence electrons. The van der Waals surface area contributed by atoms with E-state index in [-0.39, 0.29) is 11.3 Å². The maximum absolute atomic E-state index is 10.9. The predicted octanol–water partition coefficient (Wildman–Crippen LogP) is 1.04. The summed E-state index contributed by atoms with van der Waals surface area (Å²) < 4.78 is 0. The lowest BCUT2D eigenvalue weighted by Gasteiger charge is -2.17. The monoisotopic (exact) mass is 233 g/mol. The van der Waals surface area contributed by atoms with Gasteiger partial charge in [-0.15, -0.1) is 0 Å². The first kappa shape index (κ1) is 11.4. The number of nitro groups is 1. The van der Waals surface area contributed by atoms with Crippen molar-refractivity contribution in [3.8, 4) is 6.07 Å². The van der Waals surface area contributed by atoms with Crippen LogP contribution in [0.1, 0.15) is 12.0 Å². The molecule has 1 atom stereocenters. The molecule has 2 rings (SSSR count). The molecule has 0 amide bonds. The molecule has 0 radical (unpaired) electrons. The quantitative estimate of drug-likeness (QED) is 0.608. The predicted molar refractivity (Wildman–Crippen MR) is 60.6 cm³/mol. The Bertz CT molecular complexity index is 495. The van der Waals surface area contributed by atoms with Crippen LogP contribution >= 0.6 is 0 Å². The molecule has 0 aromatic heterocycles. The van der Waals surface area contributed by atoms with E-state index >= 15 is 0 Å². The van der Waals surface area contributed by atoms with Gasteiger partial charge in [0, 0.05) is 19.2 Å². The van der Waals surface area contributed by atoms with Gasteiger partial charge in [0.05, 0.1) is 22.7 Å². The van der Waals surface area contributed by atoms with Crippen LogP contribution in [0.15, 0.2) is 18.2 Å². The first-order valence-electron chi connectivity index (χ1n) is 5.23. The second-order valence-corrected chi connectivity index (χ2v) is 3.96. The Morgan fingerprint density at radius 1 is 1.59 bits per heavy atom. The zero-order valence-electron chi connectivity index (χ0n) is 9.04. The topological polar surface area (TPSA) is 90.4 Å². The second-order valence-electron chi connectivity index (χ2n) is 3.96. The molecule has 1 N–H and O–H groups in total. The molecule has 1 aliphatic heterocycles. The van der Waals surface area contributed by atoms with Crippen molar-refractivity contribution >= 4 is 11.4 Å². The van der Waals surface area contributed by atoms with Gasteiger partial charge in [-0.3, -0.25) is 10.1 Å². The van der Waals surface area contributed by atoms with Crippen molar-refractivity contribution in [2.24, 2.45) is 0 Å². The van der Waals surface area contributed by atoms with Gasteiger partial charge in [0.25, 0.3) is 5.69 Å². The first-order chi connectivity index (χ1) is 8.11. The van der Waals surface area contributed by atoms with Gasteiger partial charge >= 0.3 is 0 Å². The van der Waals surface area contributed by atoms with Gasteiger partial charge < -0.3 is 10.0 Å². The third-order valence-corrected chi connectivity index (χ3v) is 2.81. The minimum atomic E-state index is -0.499. The first-order valence-corrected chi connectivity index (χ1v) is 5.23. The van der Waals surface area contributed by atoms with Crippen LogP contribution in [0.4, 0.5) is 11.4 Å². The molecule has 1 aromatic carbocycles. The highest BCUT2D eigenvalue weighted by Gasteiger charge is 2.26. The van der Waals surface area contributed by atoms with Crippen molar-refractivity contribution in [2.75, 3.05) is 18.0 Å². The number of hydrogen-bond donors (Lipinski definition) is 1. The summed E-state index contributed by atoms with van der Waals surface area (Å²) >= 11 is 0. The standard InChI is InChI=1S/C11H11N3O3/c12-6-8-1-2-10(11(5-8)14(16)17)13-4-3-9(15)7-13/h1-2,5,9,15H,3-4,7H2. The lowest BCUT2D eigenvalue weighted by atomic mass is 10.2. The molecule has 1 unspecified atom stereocenters. The molecule has 0 spiro atoms. The van der Waals surface area contributed by atoms with Crippen molar-refractivity contribution in [1.29, 1.82) is 5.26 Å². The van der Waals surface area contributed by atoms with Crippen LogP contribution in [0.5, 0.6) is 0 Å². The highest BCUT2D eigenvalue weighted by atomic mass is 16.6. The smallest absolute Gasteiger partial charge is 0.293 e. The van der Waals surface area contributed by atoms with E-state index in [0.29, 0.717) is 25.2 Å². The summed E-state index contributed by atoms with van der Waals surface area (Å²) in [4.78, 5) is 12.2. The summed E-state index contributed by atoms with van der Waals surface area (Å²) in [6, 6.07) is 6.25. The molecule has 1 fully saturated rings. The SMILES string of the molecule is N#Cc1ccc(N2CCC(O)C2)c([N+](=O)[O-])c1. The average molecular weight is 233 g/mol. The van der Waals surface area contributed by atoms with E-state index in [1.165, 1.54) is 6.07 Å². The second kappa shape index (κ2) is 4.39. The fourth-order valence-corrected chi connectivity index (χ4v) is 1.97. The van der Waals surface area contributed by atoms with Gasteiger partial charge in [-0.1, -0.05) is 0 Å². The number of benzene rings is 1. The Hall–Kier alpha value is -2.13. The van der Waals surface area contributed by atoms with Gasteiger partial charge in [0.1, 0.15) is 5.69 Å². The van der Waals surface area contributed by atoms with E-state index in [4.69, 9.17) is 5.26 Å². The molecule has 1 heterocycles. The number of anilines is 1. The van der Waals surface area contributed by atoms with Gasteiger partial charge in [0.2, 0.25) is 0 Å². The van der Waals surface area contributed by atoms with E-state index in [1.807, 2.05) is 6.07 Å². The largest absolute Gasteiger partial charge is 0.391 e. The molecule has 6 nitrogen and oxygen atoms in total. The average Bonchev–Trinajstić information content (AvgIpc) is 2.75. The number of rotatable bonds is 2. The summed E-state index contributed by atoms with van der Waals surface area (Å²) in [7, 11) is 0. The molecule has 1 aliphatic rings. The molecular formula is C11H11N3O3. The third-order valence-electron chi connectivity index (χ3n) is 2.81. The zero-order chi connectivity index (χ0) is 12.4. The lowest BCUT2D eigenvalue weighted by Crippen LogP contribution is -2.22. The number of nitro benzene ring substituents is 1. The van der Waals surface area contributed by atoms with Gasteiger partial charge in [-0.25, -0.2) is 0 Å². The third kappa shape index (κ3) is 2.19. The van der Waals surface area contributed by atoms with Crippen LogP contribution in [0.25, 0.3) is 0 Å². The van der Waals surface area contributed by atoms with Crippen molar-refractivity contribution < 1.29 is 10.0 Å². The van der Waals surface area contributed by atoms with Crippen molar-refractivity contribution in [2.45, 2.75) is 12.5 Å². The summed E-state index contributed by atoms with van der Waals surface area (Å²) in [5.41, 5.74) is 0.642. The summed E-state index contributed by atoms with van der Waals surface area (Å²) in [5.74, 6) is 0. The van der Waals surface area contributed by atoms with E-state index in [1.54, 1.807) is 17.0 Å². The fourth-order valence-electron chi connectivity index (χ4n) is 1.97. The molecule has 0 saturated carbocycles. The van der Waals surface area contributed by atoms with Crippen LogP contribution in [0.3, 0.4) is 0 Å². The highest BCUT2D eigenvalue weighted by molar-refractivity contribution is 5.66. The van der Waals surface area contributed by atoms with Crippen LogP contribution in [0.2, 0.25) is 0 Å². The zero-order valence-corrected chi connectivity index (χ0v) is 9.04. The Labute approximate surface area is 97.8 Å². The van der Waals surface area contributed by atoms with E-state index in [2.05, 4.69) is 0 Å². The number of hydrogen-bond acceptors (Lipinski definition) is 5. The van der Waals surface area contributed by atoms with Crippen molar-refractivity contribution in [3.05, 3.63) is 33.9 Å². The molecule has 17 heavy (non-hydrogen) atoms. The number of nitriles is 1. The normalized spacial score (nSPS) is 19.1. The molecular weight excluding hydrogens is 222 g/mol. The van der Waals surface area contributed by atoms with E-state index < -0.39 is 11.0 Å². The van der Waals surface area contributed by atoms with Crippen LogP contribution in [0, 0.1) is 21.4 Å². The molecule has 0 aliphatic carbocycles. The molecule has 0 bridgehead atoms. The Balaban J connectivity index is 2.40. The van der Waals surface area contributed by atoms with Gasteiger partial charge in [0.15, 0.2) is 0 Å².